The van der Waals surface area contributed by atoms with Gasteiger partial charge < -0.3 is 26.2 Å². The second-order valence-electron chi connectivity index (χ2n) is 9.34. The molecule has 1 saturated heterocycles. The number of amides is 1. The number of anilines is 6. The van der Waals surface area contributed by atoms with Gasteiger partial charge in [0.1, 0.15) is 5.02 Å². The van der Waals surface area contributed by atoms with E-state index in [-0.39, 0.29) is 27.6 Å². The molecule has 10 nitrogen and oxygen atoms in total. The normalized spacial score (nSPS) is 13.7. The summed E-state index contributed by atoms with van der Waals surface area (Å²) < 4.78 is 25.8. The first kappa shape index (κ1) is 28.3. The lowest BCUT2D eigenvalue weighted by atomic mass is 10.1. The SMILES string of the molecule is C=CC(=O)Nc1cc(Nc2ncc(Cl)c(Nc3ccccc3S(=O)(=O)C(C)C)n2)c(C)cc1N1CCNCC1. The highest BCUT2D eigenvalue weighted by Crippen LogP contribution is 2.35. The average Bonchev–Trinajstić information content (AvgIpc) is 2.92. The molecular formula is C27H32ClN7O3S. The van der Waals surface area contributed by atoms with Crippen molar-refractivity contribution in [2.45, 2.75) is 30.9 Å². The minimum absolute atomic E-state index is 0.158. The van der Waals surface area contributed by atoms with Gasteiger partial charge in [-0.15, -0.1) is 0 Å². The second kappa shape index (κ2) is 12.0. The van der Waals surface area contributed by atoms with Crippen molar-refractivity contribution in [3.05, 3.63) is 65.8 Å². The monoisotopic (exact) mass is 569 g/mol. The third-order valence-electron chi connectivity index (χ3n) is 6.30. The van der Waals surface area contributed by atoms with Gasteiger partial charge in [-0.3, -0.25) is 4.79 Å². The number of carbonyl (C=O) groups is 1. The largest absolute Gasteiger partial charge is 0.367 e. The van der Waals surface area contributed by atoms with Crippen LogP contribution in [0.15, 0.2) is 60.1 Å². The molecule has 0 unspecified atom stereocenters. The molecule has 1 aliphatic heterocycles. The van der Waals surface area contributed by atoms with Gasteiger partial charge >= 0.3 is 0 Å². The summed E-state index contributed by atoms with van der Waals surface area (Å²) in [4.78, 5) is 23.4. The maximum absolute atomic E-state index is 12.9. The second-order valence-corrected chi connectivity index (χ2v) is 12.2. The van der Waals surface area contributed by atoms with E-state index in [0.29, 0.717) is 17.1 Å². The quantitative estimate of drug-likeness (QED) is 0.272. The van der Waals surface area contributed by atoms with E-state index in [0.717, 1.165) is 37.4 Å². The predicted octanol–water partition coefficient (Wildman–Crippen LogP) is 4.64. The Kier molecular flexibility index (Phi) is 8.73. The first-order valence-electron chi connectivity index (χ1n) is 12.5. The molecule has 0 bridgehead atoms. The van der Waals surface area contributed by atoms with Gasteiger partial charge in [0, 0.05) is 31.9 Å². The molecule has 0 aliphatic carbocycles. The average molecular weight is 570 g/mol. The number of rotatable bonds is 9. The lowest BCUT2D eigenvalue weighted by molar-refractivity contribution is -0.111. The molecule has 0 radical (unpaired) electrons. The fourth-order valence-electron chi connectivity index (χ4n) is 4.11. The summed E-state index contributed by atoms with van der Waals surface area (Å²) >= 11 is 6.38. The van der Waals surface area contributed by atoms with Crippen LogP contribution in [0.1, 0.15) is 19.4 Å². The van der Waals surface area contributed by atoms with Gasteiger partial charge in [-0.25, -0.2) is 13.4 Å². The van der Waals surface area contributed by atoms with Crippen molar-refractivity contribution in [2.24, 2.45) is 0 Å². The van der Waals surface area contributed by atoms with Crippen LogP contribution in [0.2, 0.25) is 5.02 Å². The minimum Gasteiger partial charge on any atom is -0.367 e. The summed E-state index contributed by atoms with van der Waals surface area (Å²) in [6.07, 6.45) is 2.66. The molecule has 4 N–H and O–H groups in total. The Bertz CT molecular complexity index is 1490. The first-order chi connectivity index (χ1) is 18.6. The van der Waals surface area contributed by atoms with Crippen molar-refractivity contribution in [3.8, 4) is 0 Å². The highest BCUT2D eigenvalue weighted by atomic mass is 35.5. The van der Waals surface area contributed by atoms with Crippen molar-refractivity contribution in [2.75, 3.05) is 47.0 Å². The van der Waals surface area contributed by atoms with Crippen molar-refractivity contribution in [1.29, 1.82) is 0 Å². The number of hydrogen-bond donors (Lipinski definition) is 4. The van der Waals surface area contributed by atoms with Crippen molar-refractivity contribution < 1.29 is 13.2 Å². The molecule has 2 heterocycles. The summed E-state index contributed by atoms with van der Waals surface area (Å²) in [6, 6.07) is 10.5. The van der Waals surface area contributed by atoms with Gasteiger partial charge in [-0.1, -0.05) is 30.3 Å². The Hall–Kier alpha value is -3.67. The van der Waals surface area contributed by atoms with Crippen LogP contribution in [-0.2, 0) is 14.6 Å². The van der Waals surface area contributed by atoms with E-state index in [9.17, 15) is 13.2 Å². The lowest BCUT2D eigenvalue weighted by Crippen LogP contribution is -2.43. The smallest absolute Gasteiger partial charge is 0.247 e. The van der Waals surface area contributed by atoms with Crippen LogP contribution in [0.3, 0.4) is 0 Å². The van der Waals surface area contributed by atoms with E-state index >= 15 is 0 Å². The van der Waals surface area contributed by atoms with Crippen LogP contribution in [-0.4, -0.2) is 55.7 Å². The first-order valence-corrected chi connectivity index (χ1v) is 14.5. The van der Waals surface area contributed by atoms with E-state index in [4.69, 9.17) is 11.6 Å². The van der Waals surface area contributed by atoms with Gasteiger partial charge in [0.15, 0.2) is 15.7 Å². The van der Waals surface area contributed by atoms with Gasteiger partial charge in [0.2, 0.25) is 11.9 Å². The minimum atomic E-state index is -3.55. The zero-order valence-corrected chi connectivity index (χ0v) is 23.7. The number of sulfone groups is 1. The van der Waals surface area contributed by atoms with Crippen molar-refractivity contribution in [1.82, 2.24) is 15.3 Å². The van der Waals surface area contributed by atoms with E-state index in [1.54, 1.807) is 38.1 Å². The summed E-state index contributed by atoms with van der Waals surface area (Å²) in [5, 5.41) is 12.1. The number of nitrogens with one attached hydrogen (secondary N) is 4. The van der Waals surface area contributed by atoms with Gasteiger partial charge in [0.05, 0.1) is 33.4 Å². The molecule has 0 spiro atoms. The lowest BCUT2D eigenvalue weighted by Gasteiger charge is -2.31. The summed E-state index contributed by atoms with van der Waals surface area (Å²) in [6.45, 7) is 12.1. The molecule has 0 saturated carbocycles. The van der Waals surface area contributed by atoms with Crippen LogP contribution in [0.4, 0.5) is 34.5 Å². The number of carbonyl (C=O) groups excluding carboxylic acids is 1. The molecular weight excluding hydrogens is 538 g/mol. The Morgan fingerprint density at radius 2 is 1.85 bits per heavy atom. The molecule has 1 amide bonds. The Labute approximate surface area is 233 Å². The van der Waals surface area contributed by atoms with Gasteiger partial charge in [0.25, 0.3) is 0 Å². The molecule has 2 aromatic carbocycles. The summed E-state index contributed by atoms with van der Waals surface area (Å²) in [7, 11) is -3.55. The maximum atomic E-state index is 12.9. The number of piperazine rings is 1. The number of hydrogen-bond acceptors (Lipinski definition) is 9. The van der Waals surface area contributed by atoms with Crippen LogP contribution in [0, 0.1) is 6.92 Å². The topological polar surface area (TPSA) is 128 Å². The number of para-hydroxylation sites is 1. The van der Waals surface area contributed by atoms with E-state index in [1.807, 2.05) is 19.1 Å². The molecule has 206 valence electrons. The number of benzene rings is 2. The summed E-state index contributed by atoms with van der Waals surface area (Å²) in [5.41, 5.74) is 3.52. The van der Waals surface area contributed by atoms with Gasteiger partial charge in [-0.05, 0) is 56.7 Å². The highest BCUT2D eigenvalue weighted by Gasteiger charge is 2.23. The molecule has 1 aromatic heterocycles. The van der Waals surface area contributed by atoms with Crippen molar-refractivity contribution in [3.63, 3.8) is 0 Å². The zero-order chi connectivity index (χ0) is 28.2. The van der Waals surface area contributed by atoms with Gasteiger partial charge in [-0.2, -0.15) is 4.98 Å². The third kappa shape index (κ3) is 6.49. The molecule has 3 aromatic rings. The number of aryl methyl sites for hydroxylation is 1. The maximum Gasteiger partial charge on any atom is 0.247 e. The Morgan fingerprint density at radius 1 is 1.13 bits per heavy atom. The van der Waals surface area contributed by atoms with E-state index in [1.165, 1.54) is 12.3 Å². The van der Waals surface area contributed by atoms with Crippen LogP contribution in [0.5, 0.6) is 0 Å². The number of nitrogens with zero attached hydrogens (tertiary/aromatic N) is 3. The summed E-state index contributed by atoms with van der Waals surface area (Å²) in [5.74, 6) is 0.173. The van der Waals surface area contributed by atoms with Crippen molar-refractivity contribution >= 4 is 61.9 Å². The van der Waals surface area contributed by atoms with Crippen LogP contribution in [0.25, 0.3) is 0 Å². The molecule has 1 fully saturated rings. The molecule has 4 rings (SSSR count). The zero-order valence-electron chi connectivity index (χ0n) is 22.1. The molecule has 0 atom stereocenters. The molecule has 1 aliphatic rings. The highest BCUT2D eigenvalue weighted by molar-refractivity contribution is 7.92. The van der Waals surface area contributed by atoms with E-state index < -0.39 is 15.1 Å². The Balaban J connectivity index is 1.66. The number of aromatic nitrogens is 2. The number of halogens is 1. The predicted molar refractivity (Wildman–Crippen MR) is 157 cm³/mol. The third-order valence-corrected chi connectivity index (χ3v) is 8.79. The fraction of sp³-hybridized carbons (Fsp3) is 0.296. The standard InChI is InChI=1S/C27H32ClN7O3S/c1-5-25(36)31-22-15-21(18(4)14-23(22)35-12-10-29-11-13-35)33-27-30-16-19(28)26(34-27)32-20-8-6-7-9-24(20)39(37,38)17(2)3/h5-9,14-17,29H,1,10-13H2,2-4H3,(H,31,36)(H2,30,32,33,34). The molecule has 39 heavy (non-hydrogen) atoms. The van der Waals surface area contributed by atoms with Crippen LogP contribution < -0.4 is 26.2 Å². The van der Waals surface area contributed by atoms with E-state index in [2.05, 4.69) is 42.7 Å². The van der Waals surface area contributed by atoms with Crippen LogP contribution >= 0.6 is 11.6 Å². The fourth-order valence-corrected chi connectivity index (χ4v) is 5.45. The molecule has 12 heteroatoms. The Morgan fingerprint density at radius 3 is 2.54 bits per heavy atom.